The van der Waals surface area contributed by atoms with Gasteiger partial charge in [0.15, 0.2) is 0 Å². The minimum Gasteiger partial charge on any atom is -0.457 e. The molecule has 3 heterocycles. The average Bonchev–Trinajstić information content (AvgIpc) is 3.16. The zero-order valence-electron chi connectivity index (χ0n) is 29.8. The fraction of sp³-hybridized carbons (Fsp3) is 0.268. The van der Waals surface area contributed by atoms with Crippen LogP contribution >= 0.6 is 0 Å². The van der Waals surface area contributed by atoms with Crippen LogP contribution in [0.25, 0.3) is 10.8 Å². The number of pyridine rings is 1. The van der Waals surface area contributed by atoms with Gasteiger partial charge in [0.25, 0.3) is 5.91 Å². The molecule has 55 heavy (non-hydrogen) atoms. The van der Waals surface area contributed by atoms with Crippen molar-refractivity contribution in [1.29, 1.82) is 0 Å². The quantitative estimate of drug-likeness (QED) is 0.101. The van der Waals surface area contributed by atoms with E-state index in [1.807, 2.05) is 36.1 Å². The lowest BCUT2D eigenvalue weighted by Gasteiger charge is -2.36. The molecule has 284 valence electrons. The summed E-state index contributed by atoms with van der Waals surface area (Å²) in [5.41, 5.74) is 2.17. The highest BCUT2D eigenvalue weighted by Crippen LogP contribution is 2.34. The predicted octanol–water partition coefficient (Wildman–Crippen LogP) is 7.22. The summed E-state index contributed by atoms with van der Waals surface area (Å²) in [7, 11) is 0. The third kappa shape index (κ3) is 8.86. The van der Waals surface area contributed by atoms with Crippen LogP contribution in [-0.4, -0.2) is 59.8 Å². The van der Waals surface area contributed by atoms with Crippen LogP contribution in [0.15, 0.2) is 97.1 Å². The SMILES string of the molecule is C[C@H](NC(=O)c1ccc2c(Oc3ccc(C(F)(F)F)cc3)cccc2c1)c1cccc(CN2CCN(c3ccc(NC4CCC(=O)NC4=O)cc3F)CC2)n1. The maximum absolute atomic E-state index is 15.2. The Morgan fingerprint density at radius 2 is 1.71 bits per heavy atom. The van der Waals surface area contributed by atoms with Gasteiger partial charge in [-0.15, -0.1) is 0 Å². The van der Waals surface area contributed by atoms with Crippen molar-refractivity contribution in [3.63, 3.8) is 0 Å². The Morgan fingerprint density at radius 1 is 0.945 bits per heavy atom. The third-order valence-electron chi connectivity index (χ3n) is 9.76. The highest BCUT2D eigenvalue weighted by molar-refractivity contribution is 6.01. The van der Waals surface area contributed by atoms with Crippen molar-refractivity contribution in [2.24, 2.45) is 0 Å². The lowest BCUT2D eigenvalue weighted by Crippen LogP contribution is -2.47. The molecule has 10 nitrogen and oxygen atoms in total. The van der Waals surface area contributed by atoms with Gasteiger partial charge >= 0.3 is 6.18 Å². The number of piperidine rings is 1. The van der Waals surface area contributed by atoms with Crippen molar-refractivity contribution in [1.82, 2.24) is 20.5 Å². The van der Waals surface area contributed by atoms with E-state index in [1.54, 1.807) is 42.5 Å². The van der Waals surface area contributed by atoms with Crippen molar-refractivity contribution in [2.75, 3.05) is 36.4 Å². The second kappa shape index (κ2) is 15.8. The number of ether oxygens (including phenoxy) is 1. The fourth-order valence-corrected chi connectivity index (χ4v) is 6.77. The summed E-state index contributed by atoms with van der Waals surface area (Å²) in [5, 5.41) is 9.76. The Balaban J connectivity index is 0.923. The number of rotatable bonds is 10. The third-order valence-corrected chi connectivity index (χ3v) is 9.76. The maximum atomic E-state index is 15.2. The summed E-state index contributed by atoms with van der Waals surface area (Å²) in [4.78, 5) is 45.9. The molecule has 7 rings (SSSR count). The van der Waals surface area contributed by atoms with E-state index >= 15 is 4.39 Å². The lowest BCUT2D eigenvalue weighted by atomic mass is 10.1. The number of amides is 3. The zero-order chi connectivity index (χ0) is 38.7. The Hall–Kier alpha value is -6.02. The predicted molar refractivity (Wildman–Crippen MR) is 199 cm³/mol. The highest BCUT2D eigenvalue weighted by atomic mass is 19.4. The van der Waals surface area contributed by atoms with E-state index in [9.17, 15) is 27.6 Å². The molecule has 2 fully saturated rings. The summed E-state index contributed by atoms with van der Waals surface area (Å²) in [6, 6.07) is 24.5. The number of fused-ring (bicyclic) bond motifs is 1. The summed E-state index contributed by atoms with van der Waals surface area (Å²) >= 11 is 0. The van der Waals surface area contributed by atoms with Gasteiger partial charge in [-0.3, -0.25) is 29.6 Å². The lowest BCUT2D eigenvalue weighted by molar-refractivity contribution is -0.137. The van der Waals surface area contributed by atoms with Crippen LogP contribution in [0.5, 0.6) is 11.5 Å². The minimum absolute atomic E-state index is 0.234. The molecular weight excluding hydrogens is 716 g/mol. The van der Waals surface area contributed by atoms with Crippen molar-refractivity contribution in [2.45, 2.75) is 44.6 Å². The Bertz CT molecular complexity index is 2220. The van der Waals surface area contributed by atoms with Crippen LogP contribution in [-0.2, 0) is 22.3 Å². The molecule has 2 atom stereocenters. The molecule has 14 heteroatoms. The number of anilines is 2. The first-order valence-electron chi connectivity index (χ1n) is 17.9. The zero-order valence-corrected chi connectivity index (χ0v) is 29.8. The number of nitrogens with zero attached hydrogens (tertiary/aromatic N) is 3. The van der Waals surface area contributed by atoms with Gasteiger partial charge in [-0.05, 0) is 97.6 Å². The van der Waals surface area contributed by atoms with Gasteiger partial charge in [-0.25, -0.2) is 4.39 Å². The summed E-state index contributed by atoms with van der Waals surface area (Å²) in [5.74, 6) is -0.699. The first-order chi connectivity index (χ1) is 26.4. The summed E-state index contributed by atoms with van der Waals surface area (Å²) in [6.07, 6.45) is -3.85. The van der Waals surface area contributed by atoms with Crippen LogP contribution in [0.3, 0.4) is 0 Å². The van der Waals surface area contributed by atoms with E-state index in [1.165, 1.54) is 18.2 Å². The monoisotopic (exact) mass is 754 g/mol. The number of alkyl halides is 3. The van der Waals surface area contributed by atoms with Crippen LogP contribution in [0.2, 0.25) is 0 Å². The van der Waals surface area contributed by atoms with Gasteiger partial charge in [-0.2, -0.15) is 13.2 Å². The normalized spacial score (nSPS) is 17.1. The molecule has 3 N–H and O–H groups in total. The molecule has 2 aliphatic heterocycles. The van der Waals surface area contributed by atoms with E-state index in [2.05, 4.69) is 20.9 Å². The second-order valence-corrected chi connectivity index (χ2v) is 13.6. The number of benzene rings is 4. The summed E-state index contributed by atoms with van der Waals surface area (Å²) in [6.45, 7) is 5.04. The number of halogens is 4. The number of carbonyl (C=O) groups excluding carboxylic acids is 3. The van der Waals surface area contributed by atoms with Gasteiger partial charge in [-0.1, -0.05) is 18.2 Å². The van der Waals surface area contributed by atoms with Crippen molar-refractivity contribution >= 4 is 39.9 Å². The van der Waals surface area contributed by atoms with E-state index in [4.69, 9.17) is 9.72 Å². The first kappa shape index (κ1) is 37.3. The van der Waals surface area contributed by atoms with Gasteiger partial charge in [0.1, 0.15) is 23.4 Å². The molecule has 2 aliphatic rings. The molecule has 1 aromatic heterocycles. The van der Waals surface area contributed by atoms with E-state index in [0.29, 0.717) is 72.9 Å². The standard InChI is InChI=1S/C41H38F4N6O4/c1-25(46-39(53)27-8-14-32-26(22-27)4-2-7-37(32)55-31-12-9-28(10-13-31)41(43,44)45)34-6-3-5-30(48-34)24-50-18-20-51(21-19-50)36-16-11-29(23-33(36)42)47-35-15-17-38(52)49-40(35)54/h2-14,16,22-23,25,35,47H,15,17-21,24H2,1H3,(H,46,53)(H,49,52,54)/t25-,35?/m0/s1. The smallest absolute Gasteiger partial charge is 0.416 e. The Morgan fingerprint density at radius 3 is 2.44 bits per heavy atom. The number of piperazine rings is 1. The van der Waals surface area contributed by atoms with Crippen LogP contribution in [0.1, 0.15) is 53.1 Å². The number of hydrogen-bond acceptors (Lipinski definition) is 8. The topological polar surface area (TPSA) is 116 Å². The van der Waals surface area contributed by atoms with E-state index in [-0.39, 0.29) is 24.0 Å². The molecule has 4 aromatic carbocycles. The van der Waals surface area contributed by atoms with Crippen LogP contribution in [0.4, 0.5) is 28.9 Å². The van der Waals surface area contributed by atoms with Gasteiger partial charge in [0, 0.05) is 55.8 Å². The van der Waals surface area contributed by atoms with E-state index < -0.39 is 35.5 Å². The van der Waals surface area contributed by atoms with Crippen LogP contribution in [0, 0.1) is 5.82 Å². The molecule has 5 aromatic rings. The number of carbonyl (C=O) groups is 3. The number of imide groups is 1. The maximum Gasteiger partial charge on any atom is 0.416 e. The molecule has 0 radical (unpaired) electrons. The fourth-order valence-electron chi connectivity index (χ4n) is 6.77. The highest BCUT2D eigenvalue weighted by Gasteiger charge is 2.30. The first-order valence-corrected chi connectivity index (χ1v) is 17.9. The Labute approximate surface area is 314 Å². The molecule has 0 aliphatic carbocycles. The molecule has 3 amide bonds. The molecule has 0 bridgehead atoms. The van der Waals surface area contributed by atoms with Gasteiger partial charge in [0.05, 0.1) is 28.7 Å². The summed E-state index contributed by atoms with van der Waals surface area (Å²) < 4.78 is 60.0. The van der Waals surface area contributed by atoms with E-state index in [0.717, 1.165) is 23.2 Å². The Kier molecular flexibility index (Phi) is 10.7. The number of aromatic nitrogens is 1. The molecule has 0 saturated carbocycles. The number of hydrogen-bond donors (Lipinski definition) is 3. The minimum atomic E-state index is -4.44. The van der Waals surface area contributed by atoms with Crippen molar-refractivity contribution in [3.05, 3.63) is 125 Å². The molecular formula is C41H38F4N6O4. The molecule has 0 spiro atoms. The van der Waals surface area contributed by atoms with Gasteiger partial charge in [0.2, 0.25) is 11.8 Å². The molecule has 1 unspecified atom stereocenters. The average molecular weight is 755 g/mol. The van der Waals surface area contributed by atoms with Crippen LogP contribution < -0.4 is 25.6 Å². The van der Waals surface area contributed by atoms with Crippen molar-refractivity contribution < 1.29 is 36.7 Å². The van der Waals surface area contributed by atoms with Crippen molar-refractivity contribution in [3.8, 4) is 11.5 Å². The number of nitrogens with one attached hydrogen (secondary N) is 3. The largest absolute Gasteiger partial charge is 0.457 e. The van der Waals surface area contributed by atoms with Gasteiger partial charge < -0.3 is 20.3 Å². The second-order valence-electron chi connectivity index (χ2n) is 13.6. The molecule has 2 saturated heterocycles.